The van der Waals surface area contributed by atoms with Crippen LogP contribution in [0.5, 0.6) is 11.5 Å². The van der Waals surface area contributed by atoms with Gasteiger partial charge in [-0.25, -0.2) is 0 Å². The van der Waals surface area contributed by atoms with Gasteiger partial charge in [-0.05, 0) is 23.3 Å². The van der Waals surface area contributed by atoms with Crippen molar-refractivity contribution in [3.8, 4) is 17.6 Å². The molecule has 0 N–H and O–H groups in total. The maximum atomic E-state index is 8.83. The Labute approximate surface area is 126 Å². The highest BCUT2D eigenvalue weighted by atomic mass is 79.9. The number of halogens is 1. The molecule has 0 unspecified atom stereocenters. The first-order valence-corrected chi connectivity index (χ1v) is 6.94. The van der Waals surface area contributed by atoms with E-state index >= 15 is 0 Å². The van der Waals surface area contributed by atoms with Gasteiger partial charge in [0.15, 0.2) is 11.5 Å². The zero-order valence-corrected chi connectivity index (χ0v) is 12.7. The van der Waals surface area contributed by atoms with E-state index in [0.717, 1.165) is 15.6 Å². The largest absolute Gasteiger partial charge is 0.493 e. The van der Waals surface area contributed by atoms with Gasteiger partial charge in [0.05, 0.1) is 19.6 Å². The van der Waals surface area contributed by atoms with Crippen molar-refractivity contribution in [1.82, 2.24) is 0 Å². The van der Waals surface area contributed by atoms with E-state index in [1.165, 1.54) is 0 Å². The van der Waals surface area contributed by atoms with Crippen LogP contribution in [0.1, 0.15) is 11.1 Å². The highest BCUT2D eigenvalue weighted by molar-refractivity contribution is 9.10. The lowest BCUT2D eigenvalue weighted by Gasteiger charge is -2.13. The second-order valence-electron chi connectivity index (χ2n) is 4.20. The predicted octanol–water partition coefficient (Wildman–Crippen LogP) is 4.10. The highest BCUT2D eigenvalue weighted by Gasteiger charge is 2.10. The van der Waals surface area contributed by atoms with E-state index in [2.05, 4.69) is 22.0 Å². The molecule has 0 aliphatic rings. The molecule has 3 nitrogen and oxygen atoms in total. The molecule has 0 fully saturated rings. The van der Waals surface area contributed by atoms with Gasteiger partial charge in [-0.3, -0.25) is 0 Å². The standard InChI is InChI=1S/C16H14BrNO2/c1-19-15-10-14(17)13(7-8-18)9-16(15)20-11-12-5-3-2-4-6-12/h2-6,9-10H,7,11H2,1H3. The molecular formula is C16H14BrNO2. The SMILES string of the molecule is COc1cc(Br)c(CC#N)cc1OCc1ccccc1. The fourth-order valence-corrected chi connectivity index (χ4v) is 2.27. The first-order valence-electron chi connectivity index (χ1n) is 6.14. The minimum absolute atomic E-state index is 0.326. The van der Waals surface area contributed by atoms with Crippen molar-refractivity contribution in [3.05, 3.63) is 58.1 Å². The van der Waals surface area contributed by atoms with Crippen LogP contribution in [0.15, 0.2) is 46.9 Å². The lowest BCUT2D eigenvalue weighted by Crippen LogP contribution is -1.99. The maximum absolute atomic E-state index is 8.83. The van der Waals surface area contributed by atoms with Crippen molar-refractivity contribution in [1.29, 1.82) is 5.26 Å². The van der Waals surface area contributed by atoms with Crippen molar-refractivity contribution in [2.24, 2.45) is 0 Å². The van der Waals surface area contributed by atoms with Gasteiger partial charge in [-0.1, -0.05) is 46.3 Å². The minimum atomic E-state index is 0.326. The number of ether oxygens (including phenoxy) is 2. The summed E-state index contributed by atoms with van der Waals surface area (Å²) in [6.45, 7) is 0.463. The Morgan fingerprint density at radius 3 is 2.55 bits per heavy atom. The Balaban J connectivity index is 2.21. The number of benzene rings is 2. The van der Waals surface area contributed by atoms with E-state index in [4.69, 9.17) is 14.7 Å². The molecule has 0 heterocycles. The normalized spacial score (nSPS) is 9.85. The van der Waals surface area contributed by atoms with Crippen LogP contribution in [0.4, 0.5) is 0 Å². The molecule has 0 radical (unpaired) electrons. The van der Waals surface area contributed by atoms with E-state index in [9.17, 15) is 0 Å². The molecule has 102 valence electrons. The number of nitriles is 1. The smallest absolute Gasteiger partial charge is 0.162 e. The van der Waals surface area contributed by atoms with Crippen LogP contribution in [-0.2, 0) is 13.0 Å². The maximum Gasteiger partial charge on any atom is 0.162 e. The van der Waals surface area contributed by atoms with Gasteiger partial charge in [0.25, 0.3) is 0 Å². The van der Waals surface area contributed by atoms with Crippen LogP contribution in [0, 0.1) is 11.3 Å². The quantitative estimate of drug-likeness (QED) is 0.828. The molecule has 2 rings (SSSR count). The average molecular weight is 332 g/mol. The van der Waals surface area contributed by atoms with Crippen LogP contribution in [0.3, 0.4) is 0 Å². The summed E-state index contributed by atoms with van der Waals surface area (Å²) in [5, 5.41) is 8.83. The molecule has 20 heavy (non-hydrogen) atoms. The van der Waals surface area contributed by atoms with Crippen molar-refractivity contribution in [3.63, 3.8) is 0 Å². The van der Waals surface area contributed by atoms with E-state index < -0.39 is 0 Å². The predicted molar refractivity (Wildman–Crippen MR) is 80.8 cm³/mol. The molecule has 0 saturated heterocycles. The van der Waals surface area contributed by atoms with Crippen LogP contribution in [0.2, 0.25) is 0 Å². The summed E-state index contributed by atoms with van der Waals surface area (Å²) in [4.78, 5) is 0. The van der Waals surface area contributed by atoms with Crippen molar-refractivity contribution in [2.45, 2.75) is 13.0 Å². The number of methoxy groups -OCH3 is 1. The second-order valence-corrected chi connectivity index (χ2v) is 5.06. The number of hydrogen-bond acceptors (Lipinski definition) is 3. The van der Waals surface area contributed by atoms with Crippen LogP contribution in [0.25, 0.3) is 0 Å². The Bertz CT molecular complexity index is 620. The average Bonchev–Trinajstić information content (AvgIpc) is 2.48. The third-order valence-corrected chi connectivity index (χ3v) is 3.58. The molecule has 0 aromatic heterocycles. The lowest BCUT2D eigenvalue weighted by molar-refractivity contribution is 0.284. The first kappa shape index (κ1) is 14.4. The molecule has 0 aliphatic heterocycles. The fraction of sp³-hybridized carbons (Fsp3) is 0.188. The third kappa shape index (κ3) is 3.52. The summed E-state index contributed by atoms with van der Waals surface area (Å²) in [6, 6.07) is 15.7. The molecule has 0 spiro atoms. The summed E-state index contributed by atoms with van der Waals surface area (Å²) in [7, 11) is 1.60. The lowest BCUT2D eigenvalue weighted by atomic mass is 10.1. The number of rotatable bonds is 5. The topological polar surface area (TPSA) is 42.2 Å². The summed E-state index contributed by atoms with van der Waals surface area (Å²) < 4.78 is 12.0. The molecule has 2 aromatic rings. The molecule has 0 aliphatic carbocycles. The number of hydrogen-bond donors (Lipinski definition) is 0. The molecule has 2 aromatic carbocycles. The minimum Gasteiger partial charge on any atom is -0.493 e. The Kier molecular flexibility index (Phi) is 5.03. The highest BCUT2D eigenvalue weighted by Crippen LogP contribution is 2.34. The fourth-order valence-electron chi connectivity index (χ4n) is 1.81. The summed E-state index contributed by atoms with van der Waals surface area (Å²) in [5.74, 6) is 1.29. The van der Waals surface area contributed by atoms with Gasteiger partial charge in [0, 0.05) is 4.47 Å². The summed E-state index contributed by atoms with van der Waals surface area (Å²) in [6.07, 6.45) is 0.326. The van der Waals surface area contributed by atoms with Gasteiger partial charge in [-0.15, -0.1) is 0 Å². The van der Waals surface area contributed by atoms with Crippen molar-refractivity contribution in [2.75, 3.05) is 7.11 Å². The van der Waals surface area contributed by atoms with Gasteiger partial charge in [-0.2, -0.15) is 5.26 Å². The van der Waals surface area contributed by atoms with Gasteiger partial charge >= 0.3 is 0 Å². The summed E-state index contributed by atoms with van der Waals surface area (Å²) in [5.41, 5.74) is 1.97. The second kappa shape index (κ2) is 6.97. The van der Waals surface area contributed by atoms with Crippen LogP contribution >= 0.6 is 15.9 Å². The van der Waals surface area contributed by atoms with Crippen molar-refractivity contribution < 1.29 is 9.47 Å². The number of nitrogens with zero attached hydrogens (tertiary/aromatic N) is 1. The Hall–Kier alpha value is -1.99. The van der Waals surface area contributed by atoms with E-state index in [0.29, 0.717) is 24.5 Å². The Morgan fingerprint density at radius 1 is 1.15 bits per heavy atom. The molecular weight excluding hydrogens is 318 g/mol. The van der Waals surface area contributed by atoms with Gasteiger partial charge < -0.3 is 9.47 Å². The zero-order valence-electron chi connectivity index (χ0n) is 11.1. The zero-order chi connectivity index (χ0) is 14.4. The van der Waals surface area contributed by atoms with E-state index in [1.807, 2.05) is 42.5 Å². The van der Waals surface area contributed by atoms with Gasteiger partial charge in [0.1, 0.15) is 6.61 Å². The van der Waals surface area contributed by atoms with Crippen LogP contribution < -0.4 is 9.47 Å². The summed E-state index contributed by atoms with van der Waals surface area (Å²) >= 11 is 3.43. The first-order chi connectivity index (χ1) is 9.74. The molecule has 0 saturated carbocycles. The monoisotopic (exact) mass is 331 g/mol. The van der Waals surface area contributed by atoms with E-state index in [1.54, 1.807) is 7.11 Å². The van der Waals surface area contributed by atoms with Gasteiger partial charge in [0.2, 0.25) is 0 Å². The van der Waals surface area contributed by atoms with E-state index in [-0.39, 0.29) is 0 Å². The molecule has 0 bridgehead atoms. The van der Waals surface area contributed by atoms with Crippen LogP contribution in [-0.4, -0.2) is 7.11 Å². The third-order valence-electron chi connectivity index (χ3n) is 2.84. The van der Waals surface area contributed by atoms with Crippen molar-refractivity contribution >= 4 is 15.9 Å². The molecule has 0 amide bonds. The molecule has 4 heteroatoms. The Morgan fingerprint density at radius 2 is 1.90 bits per heavy atom. The molecule has 0 atom stereocenters.